The highest BCUT2D eigenvalue weighted by atomic mass is 32.1. The van der Waals surface area contributed by atoms with Crippen molar-refractivity contribution in [2.45, 2.75) is 65.1 Å². The first-order valence-corrected chi connectivity index (χ1v) is 8.69. The molecule has 1 atom stereocenters. The van der Waals surface area contributed by atoms with Crippen LogP contribution in [0.3, 0.4) is 0 Å². The van der Waals surface area contributed by atoms with Gasteiger partial charge in [0, 0.05) is 29.6 Å². The smallest absolute Gasteiger partial charge is 0.315 e. The van der Waals surface area contributed by atoms with Crippen LogP contribution >= 0.6 is 11.3 Å². The summed E-state index contributed by atoms with van der Waals surface area (Å²) < 4.78 is 0. The number of nitrogens with one attached hydrogen (secondary N) is 2. The first-order valence-electron chi connectivity index (χ1n) is 7.81. The summed E-state index contributed by atoms with van der Waals surface area (Å²) in [4.78, 5) is 30.6. The van der Waals surface area contributed by atoms with Crippen molar-refractivity contribution in [3.8, 4) is 0 Å². The van der Waals surface area contributed by atoms with Gasteiger partial charge in [-0.1, -0.05) is 0 Å². The van der Waals surface area contributed by atoms with Crippen molar-refractivity contribution < 1.29 is 9.59 Å². The van der Waals surface area contributed by atoms with E-state index in [-0.39, 0.29) is 23.5 Å². The second-order valence-corrected chi connectivity index (χ2v) is 8.45. The predicted molar refractivity (Wildman–Crippen MR) is 91.4 cm³/mol. The summed E-state index contributed by atoms with van der Waals surface area (Å²) in [5.74, 6) is 0.0811. The normalized spacial score (nSPS) is 19.1. The highest BCUT2D eigenvalue weighted by molar-refractivity contribution is 7.09. The van der Waals surface area contributed by atoms with Gasteiger partial charge in [0.2, 0.25) is 5.91 Å². The molecule has 0 unspecified atom stereocenters. The summed E-state index contributed by atoms with van der Waals surface area (Å²) in [7, 11) is 0. The van der Waals surface area contributed by atoms with Crippen LogP contribution in [0.2, 0.25) is 0 Å². The number of likely N-dealkylation sites (tertiary alicyclic amines) is 1. The van der Waals surface area contributed by atoms with Gasteiger partial charge < -0.3 is 15.5 Å². The number of carbonyl (C=O) groups is 2. The minimum atomic E-state index is -0.546. The average molecular weight is 338 g/mol. The third-order valence-electron chi connectivity index (χ3n) is 3.85. The SMILES string of the molecule is Cc1csc(C(C)(C)NC(=O)N[C@@H]2CC(=O)N(C(C)(C)C)C2)n1. The maximum Gasteiger partial charge on any atom is 0.315 e. The van der Waals surface area contributed by atoms with Crippen molar-refractivity contribution in [2.75, 3.05) is 6.54 Å². The lowest BCUT2D eigenvalue weighted by Gasteiger charge is -2.32. The Hall–Kier alpha value is -1.63. The van der Waals surface area contributed by atoms with Crippen LogP contribution in [0.4, 0.5) is 4.79 Å². The van der Waals surface area contributed by atoms with Crippen molar-refractivity contribution in [3.05, 3.63) is 16.1 Å². The standard InChI is InChI=1S/C16H26N4O2S/c1-10-9-23-13(17-10)16(5,6)19-14(22)18-11-7-12(21)20(8-11)15(2,3)4/h9,11H,7-8H2,1-6H3,(H2,18,19,22)/t11-/m1/s1. The summed E-state index contributed by atoms with van der Waals surface area (Å²) in [5, 5.41) is 8.69. The number of aryl methyl sites for hydroxylation is 1. The molecule has 1 saturated heterocycles. The van der Waals surface area contributed by atoms with Gasteiger partial charge in [-0.05, 0) is 41.5 Å². The highest BCUT2D eigenvalue weighted by Crippen LogP contribution is 2.24. The van der Waals surface area contributed by atoms with E-state index in [1.54, 1.807) is 0 Å². The lowest BCUT2D eigenvalue weighted by atomic mass is 10.1. The minimum absolute atomic E-state index is 0.0811. The molecule has 128 valence electrons. The van der Waals surface area contributed by atoms with Gasteiger partial charge in [0.05, 0.1) is 11.6 Å². The van der Waals surface area contributed by atoms with Gasteiger partial charge in [0.1, 0.15) is 5.01 Å². The van der Waals surface area contributed by atoms with Gasteiger partial charge in [0.25, 0.3) is 0 Å². The fourth-order valence-electron chi connectivity index (χ4n) is 2.65. The molecule has 7 heteroatoms. The Morgan fingerprint density at radius 2 is 2.00 bits per heavy atom. The summed E-state index contributed by atoms with van der Waals surface area (Å²) in [6.07, 6.45) is 0.349. The molecule has 6 nitrogen and oxygen atoms in total. The molecule has 0 saturated carbocycles. The molecule has 23 heavy (non-hydrogen) atoms. The number of urea groups is 1. The number of thiazole rings is 1. The molecule has 1 aliphatic rings. The van der Waals surface area contributed by atoms with Crippen molar-refractivity contribution in [3.63, 3.8) is 0 Å². The summed E-state index contributed by atoms with van der Waals surface area (Å²) >= 11 is 1.53. The first-order chi connectivity index (χ1) is 10.5. The Balaban J connectivity index is 1.94. The zero-order valence-corrected chi connectivity index (χ0v) is 15.5. The fourth-order valence-corrected chi connectivity index (χ4v) is 3.53. The molecule has 1 aromatic heterocycles. The molecule has 2 heterocycles. The Labute approximate surface area is 141 Å². The van der Waals surface area contributed by atoms with E-state index in [0.717, 1.165) is 10.7 Å². The van der Waals surface area contributed by atoms with E-state index in [0.29, 0.717) is 13.0 Å². The molecule has 0 aromatic carbocycles. The van der Waals surface area contributed by atoms with Crippen LogP contribution in [0.25, 0.3) is 0 Å². The zero-order chi connectivity index (χ0) is 17.4. The van der Waals surface area contributed by atoms with E-state index < -0.39 is 5.54 Å². The molecule has 0 spiro atoms. The molecule has 0 bridgehead atoms. The van der Waals surface area contributed by atoms with Crippen LogP contribution in [0, 0.1) is 6.92 Å². The molecular formula is C16H26N4O2S. The number of hydrogen-bond acceptors (Lipinski definition) is 4. The van der Waals surface area contributed by atoms with Gasteiger partial charge in [0.15, 0.2) is 0 Å². The summed E-state index contributed by atoms with van der Waals surface area (Å²) in [6, 6.07) is -0.424. The minimum Gasteiger partial charge on any atom is -0.336 e. The van der Waals surface area contributed by atoms with Crippen LogP contribution in [0.1, 0.15) is 51.7 Å². The number of carbonyl (C=O) groups excluding carboxylic acids is 2. The predicted octanol–water partition coefficient (Wildman–Crippen LogP) is 2.39. The van der Waals surface area contributed by atoms with Crippen LogP contribution in [-0.2, 0) is 10.3 Å². The monoisotopic (exact) mass is 338 g/mol. The molecule has 2 rings (SSSR count). The van der Waals surface area contributed by atoms with E-state index in [9.17, 15) is 9.59 Å². The first kappa shape index (κ1) is 17.7. The Morgan fingerprint density at radius 1 is 1.35 bits per heavy atom. The molecule has 1 fully saturated rings. The number of aromatic nitrogens is 1. The van der Waals surface area contributed by atoms with Gasteiger partial charge in [-0.25, -0.2) is 9.78 Å². The van der Waals surface area contributed by atoms with E-state index in [2.05, 4.69) is 15.6 Å². The lowest BCUT2D eigenvalue weighted by Crippen LogP contribution is -2.50. The van der Waals surface area contributed by atoms with Crippen molar-refractivity contribution >= 4 is 23.3 Å². The molecule has 1 aromatic rings. The average Bonchev–Trinajstić information content (AvgIpc) is 2.94. The van der Waals surface area contributed by atoms with Gasteiger partial charge in [-0.15, -0.1) is 11.3 Å². The van der Waals surface area contributed by atoms with E-state index in [1.165, 1.54) is 11.3 Å². The number of amides is 3. The topological polar surface area (TPSA) is 74.3 Å². The Kier molecular flexibility index (Phi) is 4.71. The quantitative estimate of drug-likeness (QED) is 0.888. The maximum atomic E-state index is 12.3. The number of hydrogen-bond donors (Lipinski definition) is 2. The van der Waals surface area contributed by atoms with Crippen LogP contribution in [0.5, 0.6) is 0 Å². The number of rotatable bonds is 3. The van der Waals surface area contributed by atoms with Gasteiger partial charge >= 0.3 is 6.03 Å². The fraction of sp³-hybridized carbons (Fsp3) is 0.688. The molecule has 3 amide bonds. The van der Waals surface area contributed by atoms with E-state index in [4.69, 9.17) is 0 Å². The summed E-state index contributed by atoms with van der Waals surface area (Å²) in [6.45, 7) is 12.3. The molecule has 1 aliphatic heterocycles. The largest absolute Gasteiger partial charge is 0.336 e. The van der Waals surface area contributed by atoms with Crippen LogP contribution < -0.4 is 10.6 Å². The third kappa shape index (κ3) is 4.22. The Bertz CT molecular complexity index is 603. The van der Waals surface area contributed by atoms with Gasteiger partial charge in [-0.2, -0.15) is 0 Å². The lowest BCUT2D eigenvalue weighted by molar-refractivity contribution is -0.131. The van der Waals surface area contributed by atoms with Gasteiger partial charge in [-0.3, -0.25) is 4.79 Å². The zero-order valence-electron chi connectivity index (χ0n) is 14.7. The molecular weight excluding hydrogens is 312 g/mol. The van der Waals surface area contributed by atoms with E-state index >= 15 is 0 Å². The van der Waals surface area contributed by atoms with Crippen molar-refractivity contribution in [1.29, 1.82) is 0 Å². The molecule has 0 aliphatic carbocycles. The summed E-state index contributed by atoms with van der Waals surface area (Å²) in [5.41, 5.74) is 0.180. The van der Waals surface area contributed by atoms with Crippen molar-refractivity contribution in [2.24, 2.45) is 0 Å². The Morgan fingerprint density at radius 3 is 2.48 bits per heavy atom. The second-order valence-electron chi connectivity index (χ2n) is 7.59. The van der Waals surface area contributed by atoms with E-state index in [1.807, 2.05) is 51.8 Å². The molecule has 2 N–H and O–H groups in total. The maximum absolute atomic E-state index is 12.3. The van der Waals surface area contributed by atoms with Crippen LogP contribution in [0.15, 0.2) is 5.38 Å². The second kappa shape index (κ2) is 6.11. The third-order valence-corrected chi connectivity index (χ3v) is 5.13. The highest BCUT2D eigenvalue weighted by Gasteiger charge is 2.37. The number of nitrogens with zero attached hydrogens (tertiary/aromatic N) is 2. The van der Waals surface area contributed by atoms with Crippen molar-refractivity contribution in [1.82, 2.24) is 20.5 Å². The van der Waals surface area contributed by atoms with Crippen LogP contribution in [-0.4, -0.2) is 39.9 Å². The molecule has 0 radical (unpaired) electrons.